The Morgan fingerprint density at radius 1 is 1.24 bits per heavy atom. The van der Waals surface area contributed by atoms with E-state index in [-0.39, 0.29) is 24.5 Å². The van der Waals surface area contributed by atoms with Crippen LogP contribution in [0.15, 0.2) is 24.3 Å². The fourth-order valence-corrected chi connectivity index (χ4v) is 4.23. The summed E-state index contributed by atoms with van der Waals surface area (Å²) < 4.78 is 32.8. The van der Waals surface area contributed by atoms with Crippen LogP contribution in [-0.2, 0) is 19.6 Å². The van der Waals surface area contributed by atoms with Crippen molar-refractivity contribution in [1.29, 1.82) is 0 Å². The summed E-state index contributed by atoms with van der Waals surface area (Å²) in [5.41, 5.74) is 0.365. The number of nitrogens with zero attached hydrogens (tertiary/aromatic N) is 1. The van der Waals surface area contributed by atoms with Gasteiger partial charge in [0.05, 0.1) is 12.0 Å². The summed E-state index contributed by atoms with van der Waals surface area (Å²) >= 11 is 0. The maximum absolute atomic E-state index is 12.5. The van der Waals surface area contributed by atoms with Crippen molar-refractivity contribution in [3.63, 3.8) is 0 Å². The molecule has 162 valence electrons. The normalized spacial score (nSPS) is 17.1. The van der Waals surface area contributed by atoms with Crippen molar-refractivity contribution in [3.8, 4) is 5.75 Å². The smallest absolute Gasteiger partial charge is 0.241 e. The number of amides is 2. The Balaban J connectivity index is 1.91. The number of benzene rings is 1. The molecule has 0 spiro atoms. The zero-order chi connectivity index (χ0) is 21.4. The number of rotatable bonds is 9. The van der Waals surface area contributed by atoms with Gasteiger partial charge in [0.15, 0.2) is 0 Å². The molecule has 8 nitrogen and oxygen atoms in total. The Labute approximate surface area is 173 Å². The number of ether oxygens (including phenoxy) is 1. The van der Waals surface area contributed by atoms with Gasteiger partial charge in [0.2, 0.25) is 21.8 Å². The minimum absolute atomic E-state index is 0.0209. The van der Waals surface area contributed by atoms with E-state index in [0.717, 1.165) is 6.42 Å². The predicted octanol–water partition coefficient (Wildman–Crippen LogP) is 1.98. The van der Waals surface area contributed by atoms with Gasteiger partial charge >= 0.3 is 0 Å². The fourth-order valence-electron chi connectivity index (χ4n) is 3.15. The highest BCUT2D eigenvalue weighted by Crippen LogP contribution is 2.19. The van der Waals surface area contributed by atoms with Gasteiger partial charge in [-0.3, -0.25) is 14.3 Å². The summed E-state index contributed by atoms with van der Waals surface area (Å²) in [5, 5.41) is 2.84. The Bertz CT molecular complexity index is 793. The zero-order valence-electron chi connectivity index (χ0n) is 17.3. The van der Waals surface area contributed by atoms with Crippen molar-refractivity contribution in [2.24, 2.45) is 5.92 Å². The van der Waals surface area contributed by atoms with Crippen molar-refractivity contribution >= 4 is 27.5 Å². The first-order valence-corrected chi connectivity index (χ1v) is 11.7. The molecule has 1 atom stereocenters. The molecular formula is C20H31N3O5S. The third-order valence-electron chi connectivity index (χ3n) is 4.51. The lowest BCUT2D eigenvalue weighted by Crippen LogP contribution is -2.47. The Hall–Kier alpha value is -2.29. The quantitative estimate of drug-likeness (QED) is 0.629. The van der Waals surface area contributed by atoms with E-state index in [2.05, 4.69) is 10.0 Å². The first-order chi connectivity index (χ1) is 13.7. The van der Waals surface area contributed by atoms with Crippen LogP contribution in [0.25, 0.3) is 0 Å². The summed E-state index contributed by atoms with van der Waals surface area (Å²) in [4.78, 5) is 26.1. The number of anilines is 1. The van der Waals surface area contributed by atoms with Crippen molar-refractivity contribution < 1.29 is 22.7 Å². The van der Waals surface area contributed by atoms with E-state index in [0.29, 0.717) is 37.4 Å². The molecule has 9 heteroatoms. The van der Waals surface area contributed by atoms with Crippen molar-refractivity contribution in [2.75, 3.05) is 30.1 Å². The fraction of sp³-hybridized carbons (Fsp3) is 0.600. The lowest BCUT2D eigenvalue weighted by molar-refractivity contribution is -0.133. The number of hydrogen-bond donors (Lipinski definition) is 2. The van der Waals surface area contributed by atoms with Gasteiger partial charge < -0.3 is 15.0 Å². The molecule has 0 aromatic heterocycles. The van der Waals surface area contributed by atoms with Gasteiger partial charge in [0.1, 0.15) is 11.5 Å². The number of sulfonamides is 1. The second-order valence-electron chi connectivity index (χ2n) is 7.52. The van der Waals surface area contributed by atoms with E-state index in [1.807, 2.05) is 20.8 Å². The van der Waals surface area contributed by atoms with Crippen LogP contribution in [-0.4, -0.2) is 56.6 Å². The van der Waals surface area contributed by atoms with Gasteiger partial charge in [-0.25, -0.2) is 8.42 Å². The van der Waals surface area contributed by atoms with E-state index in [1.165, 1.54) is 4.90 Å². The summed E-state index contributed by atoms with van der Waals surface area (Å²) in [7, 11) is -3.85. The molecule has 1 aliphatic heterocycles. The molecule has 1 heterocycles. The molecule has 1 fully saturated rings. The van der Waals surface area contributed by atoms with Crippen molar-refractivity contribution in [1.82, 2.24) is 10.2 Å². The highest BCUT2D eigenvalue weighted by Gasteiger charge is 2.30. The molecule has 1 saturated heterocycles. The number of carbonyl (C=O) groups excluding carboxylic acids is 2. The largest absolute Gasteiger partial charge is 0.491 e. The second kappa shape index (κ2) is 10.5. The molecule has 1 aromatic rings. The molecule has 1 unspecified atom stereocenters. The molecule has 0 saturated carbocycles. The van der Waals surface area contributed by atoms with Crippen LogP contribution in [0.2, 0.25) is 0 Å². The number of carbonyl (C=O) groups is 2. The number of piperidine rings is 1. The molecule has 1 aliphatic rings. The Morgan fingerprint density at radius 2 is 1.93 bits per heavy atom. The van der Waals surface area contributed by atoms with E-state index in [1.54, 1.807) is 24.3 Å². The van der Waals surface area contributed by atoms with E-state index >= 15 is 0 Å². The molecule has 2 N–H and O–H groups in total. The van der Waals surface area contributed by atoms with Gasteiger partial charge in [-0.05, 0) is 57.4 Å². The van der Waals surface area contributed by atoms with E-state index in [9.17, 15) is 18.0 Å². The summed E-state index contributed by atoms with van der Waals surface area (Å²) in [5.74, 6) is -0.872. The Kier molecular flexibility index (Phi) is 8.31. The standard InChI is InChI=1S/C20H31N3O5S/c1-4-11-21-20(25)16-6-5-12-23(13-16)19(24)14-29(26,27)22-17-7-9-18(10-8-17)28-15(2)3/h7-10,15-16,22H,4-6,11-14H2,1-3H3,(H,21,25). The van der Waals surface area contributed by atoms with Gasteiger partial charge in [-0.1, -0.05) is 6.92 Å². The minimum Gasteiger partial charge on any atom is -0.491 e. The van der Waals surface area contributed by atoms with Crippen LogP contribution < -0.4 is 14.8 Å². The lowest BCUT2D eigenvalue weighted by atomic mass is 9.97. The van der Waals surface area contributed by atoms with Gasteiger partial charge in [-0.2, -0.15) is 0 Å². The van der Waals surface area contributed by atoms with E-state index in [4.69, 9.17) is 4.74 Å². The second-order valence-corrected chi connectivity index (χ2v) is 9.24. The summed E-state index contributed by atoms with van der Waals surface area (Å²) in [6.07, 6.45) is 2.25. The molecule has 29 heavy (non-hydrogen) atoms. The van der Waals surface area contributed by atoms with Crippen molar-refractivity contribution in [2.45, 2.75) is 46.1 Å². The van der Waals surface area contributed by atoms with Crippen molar-refractivity contribution in [3.05, 3.63) is 24.3 Å². The van der Waals surface area contributed by atoms with Gasteiger partial charge in [-0.15, -0.1) is 0 Å². The minimum atomic E-state index is -3.85. The molecule has 2 amide bonds. The van der Waals surface area contributed by atoms with Crippen LogP contribution in [0.5, 0.6) is 5.75 Å². The van der Waals surface area contributed by atoms with Gasteiger partial charge in [0, 0.05) is 25.3 Å². The third-order valence-corrected chi connectivity index (χ3v) is 5.68. The highest BCUT2D eigenvalue weighted by molar-refractivity contribution is 7.93. The number of nitrogens with one attached hydrogen (secondary N) is 2. The van der Waals surface area contributed by atoms with Crippen LogP contribution >= 0.6 is 0 Å². The molecular weight excluding hydrogens is 394 g/mol. The van der Waals surface area contributed by atoms with E-state index < -0.39 is 21.7 Å². The van der Waals surface area contributed by atoms with Gasteiger partial charge in [0.25, 0.3) is 0 Å². The van der Waals surface area contributed by atoms with Crippen LogP contribution in [0.3, 0.4) is 0 Å². The third kappa shape index (κ3) is 7.56. The summed E-state index contributed by atoms with van der Waals surface area (Å²) in [6, 6.07) is 6.52. The molecule has 2 rings (SSSR count). The Morgan fingerprint density at radius 3 is 2.55 bits per heavy atom. The lowest BCUT2D eigenvalue weighted by Gasteiger charge is -2.32. The summed E-state index contributed by atoms with van der Waals surface area (Å²) in [6.45, 7) is 7.10. The number of likely N-dealkylation sites (tertiary alicyclic amines) is 1. The molecule has 0 bridgehead atoms. The average molecular weight is 426 g/mol. The molecule has 0 aliphatic carbocycles. The topological polar surface area (TPSA) is 105 Å². The predicted molar refractivity (Wildman–Crippen MR) is 112 cm³/mol. The average Bonchev–Trinajstić information content (AvgIpc) is 2.66. The van der Waals surface area contributed by atoms with Crippen LogP contribution in [0.1, 0.15) is 40.0 Å². The first-order valence-electron chi connectivity index (χ1n) is 10.0. The monoisotopic (exact) mass is 425 g/mol. The number of hydrogen-bond acceptors (Lipinski definition) is 5. The molecule has 1 aromatic carbocycles. The van der Waals surface area contributed by atoms with Crippen LogP contribution in [0, 0.1) is 5.92 Å². The highest BCUT2D eigenvalue weighted by atomic mass is 32.2. The first kappa shape index (κ1) is 23.0. The zero-order valence-corrected chi connectivity index (χ0v) is 18.1. The SMILES string of the molecule is CCCNC(=O)C1CCCN(C(=O)CS(=O)(=O)Nc2ccc(OC(C)C)cc2)C1. The maximum atomic E-state index is 12.5. The van der Waals surface area contributed by atoms with Crippen LogP contribution in [0.4, 0.5) is 5.69 Å². The molecule has 0 radical (unpaired) electrons. The maximum Gasteiger partial charge on any atom is 0.241 e.